The number of carbonyl (C=O) groups excluding carboxylic acids is 4. The van der Waals surface area contributed by atoms with E-state index in [9.17, 15) is 24.4 Å². The summed E-state index contributed by atoms with van der Waals surface area (Å²) in [6, 6.07) is 0.629. The van der Waals surface area contributed by atoms with Gasteiger partial charge in [-0.2, -0.15) is 5.26 Å². The third-order valence-electron chi connectivity index (χ3n) is 7.87. The van der Waals surface area contributed by atoms with E-state index >= 15 is 0 Å². The highest BCUT2D eigenvalue weighted by atomic mass is 16.6. The van der Waals surface area contributed by atoms with Crippen LogP contribution in [-0.4, -0.2) is 76.5 Å². The van der Waals surface area contributed by atoms with E-state index in [0.29, 0.717) is 51.2 Å². The molecule has 0 unspecified atom stereocenters. The molecule has 0 bridgehead atoms. The fourth-order valence-electron chi connectivity index (χ4n) is 5.79. The molecule has 4 rings (SSSR count). The Labute approximate surface area is 213 Å². The summed E-state index contributed by atoms with van der Waals surface area (Å²) < 4.78 is 5.64. The minimum atomic E-state index is -0.987. The Balaban J connectivity index is 1.50. The van der Waals surface area contributed by atoms with Gasteiger partial charge in [-0.25, -0.2) is 4.79 Å². The van der Waals surface area contributed by atoms with Crippen LogP contribution in [-0.2, 0) is 19.1 Å². The molecular formula is C26H39N5O5. The van der Waals surface area contributed by atoms with E-state index in [1.807, 2.05) is 0 Å². The van der Waals surface area contributed by atoms with E-state index in [1.165, 1.54) is 0 Å². The van der Waals surface area contributed by atoms with Gasteiger partial charge in [-0.1, -0.05) is 12.8 Å². The van der Waals surface area contributed by atoms with Crippen LogP contribution < -0.4 is 10.6 Å². The Morgan fingerprint density at radius 2 is 1.92 bits per heavy atom. The van der Waals surface area contributed by atoms with Crippen LogP contribution in [0.15, 0.2) is 0 Å². The van der Waals surface area contributed by atoms with Crippen LogP contribution in [0, 0.1) is 23.2 Å². The molecule has 0 aromatic rings. The zero-order chi connectivity index (χ0) is 26.1. The highest BCUT2D eigenvalue weighted by Crippen LogP contribution is 2.42. The summed E-state index contributed by atoms with van der Waals surface area (Å²) in [6.45, 7) is 6.83. The largest absolute Gasteiger partial charge is 0.444 e. The Kier molecular flexibility index (Phi) is 7.48. The molecule has 0 radical (unpaired) electrons. The minimum absolute atomic E-state index is 0.0878. The van der Waals surface area contributed by atoms with Gasteiger partial charge in [-0.15, -0.1) is 0 Å². The number of ether oxygens (including phenoxy) is 1. The molecule has 10 heteroatoms. The van der Waals surface area contributed by atoms with Crippen molar-refractivity contribution in [1.29, 1.82) is 5.26 Å². The lowest BCUT2D eigenvalue weighted by molar-refractivity contribution is -0.146. The van der Waals surface area contributed by atoms with Crippen molar-refractivity contribution in [3.63, 3.8) is 0 Å². The van der Waals surface area contributed by atoms with Crippen LogP contribution in [0.2, 0.25) is 0 Å². The summed E-state index contributed by atoms with van der Waals surface area (Å²) in [7, 11) is 0. The van der Waals surface area contributed by atoms with Crippen molar-refractivity contribution in [1.82, 2.24) is 20.4 Å². The molecule has 0 aromatic heterocycles. The number of amides is 4. The SMILES string of the molecule is CC(C)(C)OC(=O)N1CCCC[C@@]12CCN([C@@H](CC1CC1)C(=O)N[C@H](C#N)C[C@@H]1CCNC1=O)C2=O. The second-order valence-electron chi connectivity index (χ2n) is 11.8. The van der Waals surface area contributed by atoms with Gasteiger partial charge in [0.2, 0.25) is 17.7 Å². The van der Waals surface area contributed by atoms with Crippen molar-refractivity contribution in [3.05, 3.63) is 0 Å². The number of carbonyl (C=O) groups is 4. The molecule has 1 spiro atoms. The monoisotopic (exact) mass is 501 g/mol. The predicted molar refractivity (Wildman–Crippen MR) is 130 cm³/mol. The number of nitriles is 1. The lowest BCUT2D eigenvalue weighted by atomic mass is 9.85. The molecule has 3 heterocycles. The summed E-state index contributed by atoms with van der Waals surface area (Å²) in [5, 5.41) is 15.3. The highest BCUT2D eigenvalue weighted by Gasteiger charge is 2.56. The lowest BCUT2D eigenvalue weighted by Gasteiger charge is -2.43. The van der Waals surface area contributed by atoms with Crippen molar-refractivity contribution in [3.8, 4) is 6.07 Å². The Hall–Kier alpha value is -2.83. The first kappa shape index (κ1) is 26.2. The van der Waals surface area contributed by atoms with E-state index in [1.54, 1.807) is 30.6 Å². The third kappa shape index (κ3) is 5.60. The fourth-order valence-corrected chi connectivity index (χ4v) is 5.79. The number of likely N-dealkylation sites (tertiary alicyclic amines) is 2. The van der Waals surface area contributed by atoms with Crippen LogP contribution in [0.3, 0.4) is 0 Å². The minimum Gasteiger partial charge on any atom is -0.444 e. The number of nitrogens with one attached hydrogen (secondary N) is 2. The Bertz CT molecular complexity index is 936. The number of hydrogen-bond donors (Lipinski definition) is 2. The van der Waals surface area contributed by atoms with Gasteiger partial charge in [0.15, 0.2) is 0 Å². The molecule has 2 N–H and O–H groups in total. The van der Waals surface area contributed by atoms with Crippen LogP contribution in [0.5, 0.6) is 0 Å². The van der Waals surface area contributed by atoms with Crippen molar-refractivity contribution >= 4 is 23.8 Å². The molecule has 0 aromatic carbocycles. The predicted octanol–water partition coefficient (Wildman–Crippen LogP) is 2.08. The van der Waals surface area contributed by atoms with Gasteiger partial charge in [0.25, 0.3) is 0 Å². The zero-order valence-electron chi connectivity index (χ0n) is 21.7. The van der Waals surface area contributed by atoms with Crippen LogP contribution in [0.1, 0.15) is 78.6 Å². The molecule has 4 amide bonds. The maximum Gasteiger partial charge on any atom is 0.411 e. The molecule has 4 aliphatic rings. The first-order chi connectivity index (χ1) is 17.0. The number of nitrogens with zero attached hydrogens (tertiary/aromatic N) is 3. The summed E-state index contributed by atoms with van der Waals surface area (Å²) in [5.74, 6) is -0.553. The van der Waals surface area contributed by atoms with E-state index < -0.39 is 29.3 Å². The maximum absolute atomic E-state index is 14.0. The van der Waals surface area contributed by atoms with Gasteiger partial charge in [-0.3, -0.25) is 19.3 Å². The van der Waals surface area contributed by atoms with E-state index in [2.05, 4.69) is 16.7 Å². The van der Waals surface area contributed by atoms with Gasteiger partial charge >= 0.3 is 6.09 Å². The van der Waals surface area contributed by atoms with Crippen LogP contribution >= 0.6 is 0 Å². The Morgan fingerprint density at radius 3 is 2.53 bits per heavy atom. The van der Waals surface area contributed by atoms with Gasteiger partial charge in [-0.05, 0) is 71.6 Å². The second kappa shape index (κ2) is 10.3. The van der Waals surface area contributed by atoms with E-state index in [4.69, 9.17) is 4.74 Å². The van der Waals surface area contributed by atoms with Crippen molar-refractivity contribution < 1.29 is 23.9 Å². The highest BCUT2D eigenvalue weighted by molar-refractivity contribution is 5.96. The third-order valence-corrected chi connectivity index (χ3v) is 7.87. The average molecular weight is 502 g/mol. The van der Waals surface area contributed by atoms with Gasteiger partial charge in [0, 0.05) is 25.6 Å². The molecule has 4 fully saturated rings. The van der Waals surface area contributed by atoms with Gasteiger partial charge < -0.3 is 20.3 Å². The van der Waals surface area contributed by atoms with Crippen LogP contribution in [0.4, 0.5) is 4.79 Å². The summed E-state index contributed by atoms with van der Waals surface area (Å²) in [5.41, 5.74) is -1.66. The molecule has 1 saturated carbocycles. The molecule has 36 heavy (non-hydrogen) atoms. The molecule has 3 saturated heterocycles. The van der Waals surface area contributed by atoms with E-state index in [0.717, 1.165) is 25.7 Å². The normalized spacial score (nSPS) is 28.0. The van der Waals surface area contributed by atoms with Crippen molar-refractivity contribution in [2.75, 3.05) is 19.6 Å². The van der Waals surface area contributed by atoms with E-state index in [-0.39, 0.29) is 30.1 Å². The molecule has 3 aliphatic heterocycles. The zero-order valence-corrected chi connectivity index (χ0v) is 21.7. The number of hydrogen-bond acceptors (Lipinski definition) is 6. The quantitative estimate of drug-likeness (QED) is 0.549. The topological polar surface area (TPSA) is 132 Å². The average Bonchev–Trinajstić information content (AvgIpc) is 3.48. The fraction of sp³-hybridized carbons (Fsp3) is 0.808. The molecule has 10 nitrogen and oxygen atoms in total. The first-order valence-corrected chi connectivity index (χ1v) is 13.3. The van der Waals surface area contributed by atoms with Crippen LogP contribution in [0.25, 0.3) is 0 Å². The second-order valence-corrected chi connectivity index (χ2v) is 11.8. The molecular weight excluding hydrogens is 462 g/mol. The summed E-state index contributed by atoms with van der Waals surface area (Å²) in [6.07, 6.45) is 5.65. The van der Waals surface area contributed by atoms with Gasteiger partial charge in [0.1, 0.15) is 23.2 Å². The molecule has 1 aliphatic carbocycles. The summed E-state index contributed by atoms with van der Waals surface area (Å²) in [4.78, 5) is 55.7. The number of piperidine rings is 1. The molecule has 198 valence electrons. The number of rotatable bonds is 7. The first-order valence-electron chi connectivity index (χ1n) is 13.3. The Morgan fingerprint density at radius 1 is 1.17 bits per heavy atom. The molecule has 4 atom stereocenters. The summed E-state index contributed by atoms with van der Waals surface area (Å²) >= 11 is 0. The lowest BCUT2D eigenvalue weighted by Crippen LogP contribution is -2.61. The maximum atomic E-state index is 14.0. The van der Waals surface area contributed by atoms with Crippen molar-refractivity contribution in [2.45, 2.75) is 102 Å². The standard InChI is InChI=1S/C26H39N5O5/c1-25(2,3)36-24(35)31-12-5-4-9-26(31)10-13-30(23(26)34)20(14-17-6-7-17)22(33)29-19(16-27)15-18-8-11-28-21(18)32/h17-20H,4-15H2,1-3H3,(H,28,32)(H,29,33)/t18-,19-,20-,26-/m0/s1. The van der Waals surface area contributed by atoms with Crippen molar-refractivity contribution in [2.24, 2.45) is 11.8 Å². The van der Waals surface area contributed by atoms with Gasteiger partial charge in [0.05, 0.1) is 6.07 Å². The smallest absolute Gasteiger partial charge is 0.411 e.